The highest BCUT2D eigenvalue weighted by Crippen LogP contribution is 2.32. The van der Waals surface area contributed by atoms with Crippen LogP contribution in [0.25, 0.3) is 21.3 Å². The predicted octanol–water partition coefficient (Wildman–Crippen LogP) is 3.17. The van der Waals surface area contributed by atoms with Crippen LogP contribution in [0.2, 0.25) is 5.02 Å². The zero-order valence-electron chi connectivity index (χ0n) is 12.7. The summed E-state index contributed by atoms with van der Waals surface area (Å²) in [7, 11) is 0. The lowest BCUT2D eigenvalue weighted by Gasteiger charge is -2.12. The molecule has 23 heavy (non-hydrogen) atoms. The van der Waals surface area contributed by atoms with Crippen molar-refractivity contribution >= 4 is 39.1 Å². The minimum absolute atomic E-state index is 0.0387. The van der Waals surface area contributed by atoms with Gasteiger partial charge in [-0.1, -0.05) is 23.7 Å². The summed E-state index contributed by atoms with van der Waals surface area (Å²) >= 11 is 7.41. The van der Waals surface area contributed by atoms with Gasteiger partial charge in [0.05, 0.1) is 5.39 Å². The normalized spacial score (nSPS) is 11.1. The van der Waals surface area contributed by atoms with Gasteiger partial charge < -0.3 is 11.1 Å². The Balaban J connectivity index is 2.20. The molecule has 120 valence electrons. The number of aromatic nitrogens is 2. The van der Waals surface area contributed by atoms with Crippen LogP contribution < -0.4 is 16.6 Å². The summed E-state index contributed by atoms with van der Waals surface area (Å²) in [6.45, 7) is 3.53. The third-order valence-electron chi connectivity index (χ3n) is 3.59. The second-order valence-corrected chi connectivity index (χ2v) is 6.33. The van der Waals surface area contributed by atoms with Gasteiger partial charge in [-0.2, -0.15) is 0 Å². The molecule has 0 fully saturated rings. The van der Waals surface area contributed by atoms with E-state index in [1.807, 2.05) is 36.6 Å². The number of hydrogen-bond donors (Lipinski definition) is 2. The summed E-state index contributed by atoms with van der Waals surface area (Å²) in [5.41, 5.74) is 7.34. The number of anilines is 1. The fourth-order valence-electron chi connectivity index (χ4n) is 2.48. The molecule has 0 unspecified atom stereocenters. The summed E-state index contributed by atoms with van der Waals surface area (Å²) in [6, 6.07) is 7.48. The van der Waals surface area contributed by atoms with Crippen LogP contribution in [0.15, 0.2) is 34.4 Å². The first-order chi connectivity index (χ1) is 11.2. The van der Waals surface area contributed by atoms with Crippen molar-refractivity contribution in [2.45, 2.75) is 13.5 Å². The monoisotopic (exact) mass is 348 g/mol. The molecule has 0 spiro atoms. The molecule has 0 saturated heterocycles. The molecule has 1 aromatic carbocycles. The lowest BCUT2D eigenvalue weighted by Crippen LogP contribution is -2.26. The Kier molecular flexibility index (Phi) is 4.66. The summed E-state index contributed by atoms with van der Waals surface area (Å²) in [6.07, 6.45) is 0. The van der Waals surface area contributed by atoms with Gasteiger partial charge >= 0.3 is 0 Å². The van der Waals surface area contributed by atoms with Gasteiger partial charge in [0, 0.05) is 35.6 Å². The maximum Gasteiger partial charge on any atom is 0.264 e. The van der Waals surface area contributed by atoms with Crippen molar-refractivity contribution in [3.05, 3.63) is 45.0 Å². The topological polar surface area (TPSA) is 72.9 Å². The van der Waals surface area contributed by atoms with E-state index >= 15 is 0 Å². The molecule has 2 heterocycles. The Labute approximate surface area is 142 Å². The molecule has 0 saturated carbocycles. The van der Waals surface area contributed by atoms with Crippen molar-refractivity contribution in [3.8, 4) is 11.1 Å². The average molecular weight is 349 g/mol. The van der Waals surface area contributed by atoms with E-state index in [1.54, 1.807) is 4.57 Å². The fourth-order valence-corrected chi connectivity index (χ4v) is 3.54. The Hall–Kier alpha value is -1.89. The van der Waals surface area contributed by atoms with Crippen molar-refractivity contribution in [1.82, 2.24) is 9.55 Å². The Morgan fingerprint density at radius 2 is 2.09 bits per heavy atom. The van der Waals surface area contributed by atoms with Gasteiger partial charge in [-0.3, -0.25) is 9.36 Å². The van der Waals surface area contributed by atoms with E-state index in [2.05, 4.69) is 10.3 Å². The number of hydrogen-bond acceptors (Lipinski definition) is 5. The van der Waals surface area contributed by atoms with Gasteiger partial charge in [-0.25, -0.2) is 4.98 Å². The second-order valence-electron chi connectivity index (χ2n) is 5.04. The number of fused-ring (bicyclic) bond motifs is 1. The number of nitrogens with two attached hydrogens (primary N) is 1. The molecule has 0 atom stereocenters. The summed E-state index contributed by atoms with van der Waals surface area (Å²) in [5.74, 6) is 0.569. The highest BCUT2D eigenvalue weighted by Gasteiger charge is 2.16. The van der Waals surface area contributed by atoms with Gasteiger partial charge in [0.2, 0.25) is 5.95 Å². The number of benzene rings is 1. The first-order valence-corrected chi connectivity index (χ1v) is 8.63. The van der Waals surface area contributed by atoms with Gasteiger partial charge in [-0.15, -0.1) is 11.3 Å². The highest BCUT2D eigenvalue weighted by molar-refractivity contribution is 7.17. The van der Waals surface area contributed by atoms with Crippen LogP contribution in [0.5, 0.6) is 0 Å². The number of nitrogens with zero attached hydrogens (tertiary/aromatic N) is 2. The Bertz CT molecular complexity index is 885. The molecule has 2 aromatic heterocycles. The van der Waals surface area contributed by atoms with E-state index in [1.165, 1.54) is 11.3 Å². The summed E-state index contributed by atoms with van der Waals surface area (Å²) in [4.78, 5) is 18.2. The summed E-state index contributed by atoms with van der Waals surface area (Å²) in [5, 5.41) is 6.41. The van der Waals surface area contributed by atoms with Crippen LogP contribution in [-0.2, 0) is 6.54 Å². The molecule has 5 nitrogen and oxygen atoms in total. The van der Waals surface area contributed by atoms with E-state index in [-0.39, 0.29) is 5.56 Å². The fraction of sp³-hybridized carbons (Fsp3) is 0.250. The number of thiophene rings is 1. The standard InChI is InChI=1S/C16H17ClN4OS/c1-2-21-15(22)13-12(10-3-5-11(17)6-4-10)9-23-14(13)20-16(21)19-8-7-18/h3-6,9H,2,7-8,18H2,1H3,(H,19,20). The first kappa shape index (κ1) is 16.0. The number of halogens is 1. The van der Waals surface area contributed by atoms with Gasteiger partial charge in [0.15, 0.2) is 0 Å². The SMILES string of the molecule is CCn1c(NCCN)nc2scc(-c3ccc(Cl)cc3)c2c1=O. The minimum atomic E-state index is -0.0387. The van der Waals surface area contributed by atoms with Crippen LogP contribution in [-0.4, -0.2) is 22.6 Å². The Morgan fingerprint density at radius 1 is 1.35 bits per heavy atom. The van der Waals surface area contributed by atoms with Crippen LogP contribution in [0, 0.1) is 0 Å². The van der Waals surface area contributed by atoms with Crippen molar-refractivity contribution in [1.29, 1.82) is 0 Å². The molecule has 0 aliphatic rings. The maximum absolute atomic E-state index is 12.9. The first-order valence-electron chi connectivity index (χ1n) is 7.37. The molecule has 0 aliphatic carbocycles. The zero-order valence-corrected chi connectivity index (χ0v) is 14.2. The van der Waals surface area contributed by atoms with E-state index in [4.69, 9.17) is 17.3 Å². The Morgan fingerprint density at radius 3 is 2.74 bits per heavy atom. The molecule has 3 N–H and O–H groups in total. The lowest BCUT2D eigenvalue weighted by molar-refractivity contribution is 0.722. The van der Waals surface area contributed by atoms with Gasteiger partial charge in [-0.05, 0) is 24.6 Å². The third kappa shape index (κ3) is 2.97. The second kappa shape index (κ2) is 6.70. The van der Waals surface area contributed by atoms with E-state index in [0.717, 1.165) is 16.0 Å². The van der Waals surface area contributed by atoms with E-state index in [0.29, 0.717) is 36.0 Å². The maximum atomic E-state index is 12.9. The van der Waals surface area contributed by atoms with Crippen LogP contribution in [0.3, 0.4) is 0 Å². The smallest absolute Gasteiger partial charge is 0.264 e. The van der Waals surface area contributed by atoms with Crippen LogP contribution in [0.4, 0.5) is 5.95 Å². The quantitative estimate of drug-likeness (QED) is 0.742. The number of nitrogens with one attached hydrogen (secondary N) is 1. The van der Waals surface area contributed by atoms with Gasteiger partial charge in [0.1, 0.15) is 4.83 Å². The van der Waals surface area contributed by atoms with E-state index < -0.39 is 0 Å². The van der Waals surface area contributed by atoms with E-state index in [9.17, 15) is 4.79 Å². The van der Waals surface area contributed by atoms with Crippen molar-refractivity contribution < 1.29 is 0 Å². The highest BCUT2D eigenvalue weighted by atomic mass is 35.5. The number of rotatable bonds is 5. The average Bonchev–Trinajstić information content (AvgIpc) is 2.98. The van der Waals surface area contributed by atoms with Crippen LogP contribution in [0.1, 0.15) is 6.92 Å². The molecule has 0 bridgehead atoms. The van der Waals surface area contributed by atoms with Crippen LogP contribution >= 0.6 is 22.9 Å². The minimum Gasteiger partial charge on any atom is -0.354 e. The molecule has 0 amide bonds. The lowest BCUT2D eigenvalue weighted by atomic mass is 10.1. The zero-order chi connectivity index (χ0) is 16.4. The molecule has 0 aliphatic heterocycles. The molecule has 0 radical (unpaired) electrons. The summed E-state index contributed by atoms with van der Waals surface area (Å²) < 4.78 is 1.64. The third-order valence-corrected chi connectivity index (χ3v) is 4.72. The molecule has 3 rings (SSSR count). The predicted molar refractivity (Wildman–Crippen MR) is 97.5 cm³/mol. The molecular weight excluding hydrogens is 332 g/mol. The van der Waals surface area contributed by atoms with Crippen molar-refractivity contribution in [2.24, 2.45) is 5.73 Å². The molecule has 7 heteroatoms. The van der Waals surface area contributed by atoms with Gasteiger partial charge in [0.25, 0.3) is 5.56 Å². The largest absolute Gasteiger partial charge is 0.354 e. The van der Waals surface area contributed by atoms with Crippen molar-refractivity contribution in [2.75, 3.05) is 18.4 Å². The van der Waals surface area contributed by atoms with Crippen molar-refractivity contribution in [3.63, 3.8) is 0 Å². The molecular formula is C16H17ClN4OS. The molecule has 3 aromatic rings.